The van der Waals surface area contributed by atoms with Crippen LogP contribution in [0.5, 0.6) is 0 Å². The first-order valence-electron chi connectivity index (χ1n) is 7.45. The van der Waals surface area contributed by atoms with Gasteiger partial charge in [-0.3, -0.25) is 4.99 Å². The van der Waals surface area contributed by atoms with Gasteiger partial charge in [-0.1, -0.05) is 18.2 Å². The van der Waals surface area contributed by atoms with Gasteiger partial charge in [-0.25, -0.2) is 4.39 Å². The predicted molar refractivity (Wildman–Crippen MR) is 107 cm³/mol. The van der Waals surface area contributed by atoms with Gasteiger partial charge in [0.25, 0.3) is 0 Å². The standard InChI is InChI=1S/C17H22FN3S.HI/c1-3-19-17(20-11-10-16-5-4-12-22-16)21(2)13-14-6-8-15(18)9-7-14;/h4-9,12H,3,10-11,13H2,1-2H3,(H,19,20);1H. The number of halogens is 2. The summed E-state index contributed by atoms with van der Waals surface area (Å²) in [6.45, 7) is 4.34. The Hall–Kier alpha value is -1.15. The van der Waals surface area contributed by atoms with Gasteiger partial charge in [0, 0.05) is 38.0 Å². The maximum Gasteiger partial charge on any atom is 0.193 e. The first-order chi connectivity index (χ1) is 10.7. The van der Waals surface area contributed by atoms with E-state index < -0.39 is 0 Å². The summed E-state index contributed by atoms with van der Waals surface area (Å²) in [6.07, 6.45) is 0.955. The Labute approximate surface area is 158 Å². The van der Waals surface area contributed by atoms with Crippen LogP contribution in [0.3, 0.4) is 0 Å². The minimum absolute atomic E-state index is 0. The van der Waals surface area contributed by atoms with E-state index in [1.54, 1.807) is 23.5 Å². The lowest BCUT2D eigenvalue weighted by Gasteiger charge is -2.22. The van der Waals surface area contributed by atoms with Crippen LogP contribution in [-0.2, 0) is 13.0 Å². The minimum Gasteiger partial charge on any atom is -0.357 e. The quantitative estimate of drug-likeness (QED) is 0.410. The van der Waals surface area contributed by atoms with Gasteiger partial charge >= 0.3 is 0 Å². The molecule has 0 unspecified atom stereocenters. The minimum atomic E-state index is -0.206. The molecule has 1 aromatic heterocycles. The van der Waals surface area contributed by atoms with Crippen molar-refractivity contribution in [1.82, 2.24) is 10.2 Å². The van der Waals surface area contributed by atoms with E-state index in [4.69, 9.17) is 0 Å². The summed E-state index contributed by atoms with van der Waals surface area (Å²) in [6, 6.07) is 10.8. The fourth-order valence-corrected chi connectivity index (χ4v) is 2.83. The molecule has 0 aliphatic heterocycles. The van der Waals surface area contributed by atoms with Gasteiger partial charge in [-0.05, 0) is 36.1 Å². The fraction of sp³-hybridized carbons (Fsp3) is 0.353. The molecule has 1 aromatic carbocycles. The van der Waals surface area contributed by atoms with Crippen LogP contribution in [0.1, 0.15) is 17.4 Å². The Morgan fingerprint density at radius 1 is 1.26 bits per heavy atom. The number of thiophene rings is 1. The molecule has 0 bridgehead atoms. The number of guanidine groups is 1. The van der Waals surface area contributed by atoms with Gasteiger partial charge in [0.2, 0.25) is 0 Å². The second-order valence-electron chi connectivity index (χ2n) is 5.05. The van der Waals surface area contributed by atoms with Gasteiger partial charge in [-0.2, -0.15) is 0 Å². The maximum absolute atomic E-state index is 13.0. The Bertz CT molecular complexity index is 584. The summed E-state index contributed by atoms with van der Waals surface area (Å²) in [5.74, 6) is 0.673. The van der Waals surface area contributed by atoms with Crippen LogP contribution in [0.15, 0.2) is 46.8 Å². The van der Waals surface area contributed by atoms with Crippen molar-refractivity contribution in [3.8, 4) is 0 Å². The molecule has 3 nitrogen and oxygen atoms in total. The van der Waals surface area contributed by atoms with Crippen molar-refractivity contribution < 1.29 is 4.39 Å². The van der Waals surface area contributed by atoms with E-state index in [1.807, 2.05) is 7.05 Å². The van der Waals surface area contributed by atoms with Crippen molar-refractivity contribution in [1.29, 1.82) is 0 Å². The summed E-state index contributed by atoms with van der Waals surface area (Å²) in [7, 11) is 2.00. The van der Waals surface area contributed by atoms with Gasteiger partial charge in [0.15, 0.2) is 5.96 Å². The van der Waals surface area contributed by atoms with Crippen LogP contribution in [0.4, 0.5) is 4.39 Å². The van der Waals surface area contributed by atoms with Crippen LogP contribution in [0.25, 0.3) is 0 Å². The molecule has 6 heteroatoms. The first-order valence-corrected chi connectivity index (χ1v) is 8.33. The SMILES string of the molecule is CCNC(=NCCc1cccs1)N(C)Cc1ccc(F)cc1.I. The number of nitrogens with zero attached hydrogens (tertiary/aromatic N) is 2. The van der Waals surface area contributed by atoms with Crippen LogP contribution in [0, 0.1) is 5.82 Å². The van der Waals surface area contributed by atoms with Gasteiger partial charge < -0.3 is 10.2 Å². The van der Waals surface area contributed by atoms with Gasteiger partial charge in [0.05, 0.1) is 0 Å². The Morgan fingerprint density at radius 3 is 2.61 bits per heavy atom. The smallest absolute Gasteiger partial charge is 0.193 e. The van der Waals surface area contributed by atoms with Crippen LogP contribution >= 0.6 is 35.3 Å². The molecule has 0 saturated heterocycles. The molecule has 0 amide bonds. The summed E-state index contributed by atoms with van der Waals surface area (Å²) >= 11 is 1.76. The lowest BCUT2D eigenvalue weighted by Crippen LogP contribution is -2.38. The van der Waals surface area contributed by atoms with E-state index in [2.05, 4.69) is 39.6 Å². The number of hydrogen-bond acceptors (Lipinski definition) is 2. The first kappa shape index (κ1) is 19.9. The highest BCUT2D eigenvalue weighted by atomic mass is 127. The topological polar surface area (TPSA) is 27.6 Å². The van der Waals surface area contributed by atoms with E-state index in [0.29, 0.717) is 6.54 Å². The van der Waals surface area contributed by atoms with E-state index in [1.165, 1.54) is 17.0 Å². The van der Waals surface area contributed by atoms with E-state index in [9.17, 15) is 4.39 Å². The average molecular weight is 447 g/mol. The fourth-order valence-electron chi connectivity index (χ4n) is 2.14. The molecule has 0 aliphatic rings. The number of aliphatic imine (C=N–C) groups is 1. The monoisotopic (exact) mass is 447 g/mol. The summed E-state index contributed by atoms with van der Waals surface area (Å²) in [4.78, 5) is 8.07. The zero-order valence-corrected chi connectivity index (χ0v) is 16.6. The molecular formula is C17H23FIN3S. The number of hydrogen-bond donors (Lipinski definition) is 1. The molecule has 2 rings (SSSR count). The average Bonchev–Trinajstić information content (AvgIpc) is 3.02. The van der Waals surface area contributed by atoms with E-state index in [0.717, 1.165) is 31.0 Å². The van der Waals surface area contributed by atoms with Crippen molar-refractivity contribution in [2.24, 2.45) is 4.99 Å². The zero-order valence-electron chi connectivity index (χ0n) is 13.5. The predicted octanol–water partition coefficient (Wildman–Crippen LogP) is 4.15. The van der Waals surface area contributed by atoms with Crippen LogP contribution < -0.4 is 5.32 Å². The highest BCUT2D eigenvalue weighted by Gasteiger charge is 2.06. The van der Waals surface area contributed by atoms with Crippen LogP contribution in [-0.4, -0.2) is 31.0 Å². The van der Waals surface area contributed by atoms with Gasteiger partial charge in [-0.15, -0.1) is 35.3 Å². The Kier molecular flexibility index (Phi) is 9.16. The lowest BCUT2D eigenvalue weighted by molar-refractivity contribution is 0.476. The molecule has 2 aromatic rings. The van der Waals surface area contributed by atoms with Crippen molar-refractivity contribution in [2.75, 3.05) is 20.1 Å². The Balaban J connectivity index is 0.00000264. The second-order valence-corrected chi connectivity index (χ2v) is 6.08. The van der Waals surface area contributed by atoms with Crippen LogP contribution in [0.2, 0.25) is 0 Å². The Morgan fingerprint density at radius 2 is 2.00 bits per heavy atom. The lowest BCUT2D eigenvalue weighted by atomic mass is 10.2. The highest BCUT2D eigenvalue weighted by molar-refractivity contribution is 14.0. The van der Waals surface area contributed by atoms with Crippen molar-refractivity contribution in [3.63, 3.8) is 0 Å². The van der Waals surface area contributed by atoms with Gasteiger partial charge in [0.1, 0.15) is 5.82 Å². The maximum atomic E-state index is 13.0. The van der Waals surface area contributed by atoms with Crippen molar-refractivity contribution >= 4 is 41.3 Å². The molecule has 1 N–H and O–H groups in total. The molecule has 0 atom stereocenters. The largest absolute Gasteiger partial charge is 0.357 e. The summed E-state index contributed by atoms with van der Waals surface area (Å²) in [5.41, 5.74) is 1.06. The summed E-state index contributed by atoms with van der Waals surface area (Å²) < 4.78 is 13.0. The van der Waals surface area contributed by atoms with Crippen molar-refractivity contribution in [3.05, 3.63) is 58.0 Å². The molecule has 0 saturated carbocycles. The number of nitrogens with one attached hydrogen (secondary N) is 1. The highest BCUT2D eigenvalue weighted by Crippen LogP contribution is 2.09. The third-order valence-corrected chi connectivity index (χ3v) is 4.17. The summed E-state index contributed by atoms with van der Waals surface area (Å²) in [5, 5.41) is 5.39. The molecular weight excluding hydrogens is 424 g/mol. The molecule has 0 aliphatic carbocycles. The number of benzene rings is 1. The number of rotatable bonds is 6. The van der Waals surface area contributed by atoms with E-state index in [-0.39, 0.29) is 29.8 Å². The van der Waals surface area contributed by atoms with E-state index >= 15 is 0 Å². The molecule has 0 spiro atoms. The molecule has 0 radical (unpaired) electrons. The third kappa shape index (κ3) is 6.87. The van der Waals surface area contributed by atoms with Crippen molar-refractivity contribution in [2.45, 2.75) is 19.9 Å². The molecule has 0 fully saturated rings. The zero-order chi connectivity index (χ0) is 15.8. The molecule has 23 heavy (non-hydrogen) atoms. The normalized spacial score (nSPS) is 11.0. The third-order valence-electron chi connectivity index (χ3n) is 3.23. The molecule has 126 valence electrons. The second kappa shape index (κ2) is 10.6. The molecule has 1 heterocycles.